The van der Waals surface area contributed by atoms with E-state index in [1.54, 1.807) is 0 Å². The molecule has 0 aliphatic rings. The van der Waals surface area contributed by atoms with Crippen molar-refractivity contribution in [3.63, 3.8) is 0 Å². The lowest BCUT2D eigenvalue weighted by Gasteiger charge is -2.22. The molecule has 0 aliphatic heterocycles. The molecular formula is C17H20P+. The second-order valence-corrected chi connectivity index (χ2v) is 8.53. The molecule has 0 N–H and O–H groups in total. The summed E-state index contributed by atoms with van der Waals surface area (Å²) in [7, 11) is -1.26. The summed E-state index contributed by atoms with van der Waals surface area (Å²) in [6.45, 7) is 6.30. The van der Waals surface area contributed by atoms with Crippen LogP contribution in [0.25, 0.3) is 0 Å². The third-order valence-corrected chi connectivity index (χ3v) is 7.46. The molecule has 0 aliphatic carbocycles. The number of benzene rings is 2. The summed E-state index contributed by atoms with van der Waals surface area (Å²) < 4.78 is 0. The van der Waals surface area contributed by atoms with Gasteiger partial charge in [-0.3, -0.25) is 0 Å². The van der Waals surface area contributed by atoms with Gasteiger partial charge in [0.15, 0.2) is 0 Å². The first kappa shape index (κ1) is 13.1. The van der Waals surface area contributed by atoms with E-state index in [2.05, 4.69) is 73.9 Å². The lowest BCUT2D eigenvalue weighted by atomic mass is 10.4. The maximum Gasteiger partial charge on any atom is 0.0989 e. The fourth-order valence-electron chi connectivity index (χ4n) is 2.27. The van der Waals surface area contributed by atoms with Crippen LogP contribution in [0.1, 0.15) is 6.42 Å². The highest BCUT2D eigenvalue weighted by Crippen LogP contribution is 2.52. The Morgan fingerprint density at radius 1 is 0.889 bits per heavy atom. The second kappa shape index (κ2) is 5.98. The van der Waals surface area contributed by atoms with Crippen LogP contribution in [0, 0.1) is 0 Å². The van der Waals surface area contributed by atoms with E-state index in [0.29, 0.717) is 0 Å². The minimum Gasteiger partial charge on any atom is -0.103 e. The smallest absolute Gasteiger partial charge is 0.0989 e. The Morgan fingerprint density at radius 2 is 1.33 bits per heavy atom. The minimum atomic E-state index is -1.26. The Labute approximate surface area is 111 Å². The monoisotopic (exact) mass is 255 g/mol. The van der Waals surface area contributed by atoms with Gasteiger partial charge in [0.25, 0.3) is 0 Å². The topological polar surface area (TPSA) is 0 Å². The summed E-state index contributed by atoms with van der Waals surface area (Å²) in [5, 5.41) is 2.97. The lowest BCUT2D eigenvalue weighted by molar-refractivity contribution is 1.23. The SMILES string of the molecule is C=CCC[P+](C)(c1ccccc1)c1ccccc1. The Bertz CT molecular complexity index is 448. The summed E-state index contributed by atoms with van der Waals surface area (Å²) in [4.78, 5) is 0. The highest BCUT2D eigenvalue weighted by atomic mass is 31.2. The highest BCUT2D eigenvalue weighted by molar-refractivity contribution is 7.88. The summed E-state index contributed by atoms with van der Waals surface area (Å²) >= 11 is 0. The zero-order valence-electron chi connectivity index (χ0n) is 10.9. The average molecular weight is 255 g/mol. The largest absolute Gasteiger partial charge is 0.103 e. The fourth-order valence-corrected chi connectivity index (χ4v) is 5.44. The van der Waals surface area contributed by atoms with E-state index >= 15 is 0 Å². The molecule has 0 unspecified atom stereocenters. The Balaban J connectivity index is 2.44. The number of hydrogen-bond donors (Lipinski definition) is 0. The van der Waals surface area contributed by atoms with E-state index in [1.807, 2.05) is 6.08 Å². The van der Waals surface area contributed by atoms with Crippen molar-refractivity contribution in [3.05, 3.63) is 73.3 Å². The maximum atomic E-state index is 3.87. The summed E-state index contributed by atoms with van der Waals surface area (Å²) in [5.41, 5.74) is 0. The van der Waals surface area contributed by atoms with Crippen LogP contribution in [-0.4, -0.2) is 12.8 Å². The lowest BCUT2D eigenvalue weighted by Crippen LogP contribution is -2.23. The third kappa shape index (κ3) is 2.71. The molecule has 0 nitrogen and oxygen atoms in total. The molecule has 0 atom stereocenters. The van der Waals surface area contributed by atoms with Gasteiger partial charge in [0.05, 0.1) is 30.7 Å². The zero-order chi connectivity index (χ0) is 12.8. The van der Waals surface area contributed by atoms with Crippen molar-refractivity contribution in [2.45, 2.75) is 6.42 Å². The minimum absolute atomic E-state index is 1.08. The van der Waals surface area contributed by atoms with E-state index in [0.717, 1.165) is 6.42 Å². The van der Waals surface area contributed by atoms with Gasteiger partial charge < -0.3 is 0 Å². The van der Waals surface area contributed by atoms with Crippen molar-refractivity contribution >= 4 is 17.9 Å². The Kier molecular flexibility index (Phi) is 4.33. The van der Waals surface area contributed by atoms with Crippen LogP contribution in [-0.2, 0) is 0 Å². The van der Waals surface area contributed by atoms with Gasteiger partial charge in [-0.15, -0.1) is 6.58 Å². The van der Waals surface area contributed by atoms with E-state index in [-0.39, 0.29) is 0 Å². The van der Waals surface area contributed by atoms with Gasteiger partial charge in [-0.25, -0.2) is 0 Å². The van der Waals surface area contributed by atoms with Crippen LogP contribution in [0.3, 0.4) is 0 Å². The van der Waals surface area contributed by atoms with E-state index in [1.165, 1.54) is 16.8 Å². The van der Waals surface area contributed by atoms with Gasteiger partial charge in [-0.1, -0.05) is 42.5 Å². The van der Waals surface area contributed by atoms with Gasteiger partial charge in [-0.2, -0.15) is 0 Å². The van der Waals surface area contributed by atoms with Crippen molar-refractivity contribution < 1.29 is 0 Å². The van der Waals surface area contributed by atoms with Gasteiger partial charge in [0.2, 0.25) is 0 Å². The summed E-state index contributed by atoms with van der Waals surface area (Å²) in [6.07, 6.45) is 4.31. The van der Waals surface area contributed by atoms with E-state index in [9.17, 15) is 0 Å². The molecule has 2 rings (SSSR count). The molecule has 0 bridgehead atoms. The molecule has 0 heterocycles. The number of hydrogen-bond acceptors (Lipinski definition) is 0. The molecule has 0 saturated heterocycles. The standard InChI is InChI=1S/C17H20P/c1-3-4-15-18(2,16-11-7-5-8-12-16)17-13-9-6-10-14-17/h3,5-14H,1,4,15H2,2H3/q+1. The van der Waals surface area contributed by atoms with Crippen molar-refractivity contribution in [2.24, 2.45) is 0 Å². The first-order chi connectivity index (χ1) is 8.77. The fraction of sp³-hybridized carbons (Fsp3) is 0.176. The summed E-state index contributed by atoms with van der Waals surface area (Å²) in [6, 6.07) is 21.8. The molecule has 0 fully saturated rings. The first-order valence-electron chi connectivity index (χ1n) is 6.35. The predicted octanol–water partition coefficient (Wildman–Crippen LogP) is 3.86. The van der Waals surface area contributed by atoms with Crippen molar-refractivity contribution in [2.75, 3.05) is 12.8 Å². The molecule has 2 aromatic rings. The molecule has 0 spiro atoms. The van der Waals surface area contributed by atoms with Crippen molar-refractivity contribution in [3.8, 4) is 0 Å². The van der Waals surface area contributed by atoms with Gasteiger partial charge in [0.1, 0.15) is 0 Å². The molecule has 0 saturated carbocycles. The number of allylic oxidation sites excluding steroid dienone is 1. The molecule has 1 heteroatoms. The van der Waals surface area contributed by atoms with Crippen LogP contribution in [0.15, 0.2) is 73.3 Å². The predicted molar refractivity (Wildman–Crippen MR) is 84.7 cm³/mol. The van der Waals surface area contributed by atoms with Crippen LogP contribution in [0.2, 0.25) is 0 Å². The molecular weight excluding hydrogens is 235 g/mol. The van der Waals surface area contributed by atoms with Crippen LogP contribution >= 0.6 is 7.26 Å². The van der Waals surface area contributed by atoms with Crippen LogP contribution < -0.4 is 10.6 Å². The Hall–Kier alpha value is -1.39. The van der Waals surface area contributed by atoms with Gasteiger partial charge in [-0.05, 0) is 30.7 Å². The third-order valence-electron chi connectivity index (χ3n) is 3.43. The second-order valence-electron chi connectivity index (χ2n) is 4.66. The molecule has 0 aromatic heterocycles. The molecule has 92 valence electrons. The first-order valence-corrected chi connectivity index (χ1v) is 8.77. The van der Waals surface area contributed by atoms with E-state index in [4.69, 9.17) is 0 Å². The zero-order valence-corrected chi connectivity index (χ0v) is 11.8. The van der Waals surface area contributed by atoms with Crippen molar-refractivity contribution in [1.82, 2.24) is 0 Å². The normalized spacial score (nSPS) is 11.2. The molecule has 2 aromatic carbocycles. The molecule has 0 radical (unpaired) electrons. The number of rotatable bonds is 5. The van der Waals surface area contributed by atoms with Crippen LogP contribution in [0.5, 0.6) is 0 Å². The Morgan fingerprint density at radius 3 is 1.72 bits per heavy atom. The van der Waals surface area contributed by atoms with Gasteiger partial charge in [0, 0.05) is 0 Å². The van der Waals surface area contributed by atoms with Crippen LogP contribution in [0.4, 0.5) is 0 Å². The summed E-state index contributed by atoms with van der Waals surface area (Å²) in [5.74, 6) is 0. The average Bonchev–Trinajstić information content (AvgIpc) is 2.46. The van der Waals surface area contributed by atoms with Gasteiger partial charge >= 0.3 is 0 Å². The highest BCUT2D eigenvalue weighted by Gasteiger charge is 2.35. The van der Waals surface area contributed by atoms with E-state index < -0.39 is 7.26 Å². The molecule has 18 heavy (non-hydrogen) atoms. The maximum absolute atomic E-state index is 3.87. The quantitative estimate of drug-likeness (QED) is 0.562. The molecule has 0 amide bonds. The van der Waals surface area contributed by atoms with Crippen molar-refractivity contribution in [1.29, 1.82) is 0 Å².